The summed E-state index contributed by atoms with van der Waals surface area (Å²) in [6, 6.07) is 6.63. The number of hydroxylamine groups is 1. The van der Waals surface area contributed by atoms with E-state index in [4.69, 9.17) is 37.9 Å². The zero-order chi connectivity index (χ0) is 25.8. The Hall–Kier alpha value is -2.60. The van der Waals surface area contributed by atoms with Gasteiger partial charge in [-0.2, -0.15) is 9.75 Å². The number of nitrogens with zero attached hydrogens (tertiary/aromatic N) is 4. The summed E-state index contributed by atoms with van der Waals surface area (Å²) in [7, 11) is -1.44. The largest absolute Gasteiger partial charge is 0.486 e. The first kappa shape index (κ1) is 27.0. The summed E-state index contributed by atoms with van der Waals surface area (Å²) in [5.41, 5.74) is -0.169. The van der Waals surface area contributed by atoms with E-state index in [1.165, 1.54) is 23.1 Å². The molecule has 1 N–H and O–H groups in total. The van der Waals surface area contributed by atoms with Crippen molar-refractivity contribution < 1.29 is 24.3 Å². The number of ether oxygens (including phenoxy) is 1. The van der Waals surface area contributed by atoms with Crippen LogP contribution in [0.4, 0.5) is 10.6 Å². The van der Waals surface area contributed by atoms with Crippen LogP contribution in [0.1, 0.15) is 12.8 Å². The molecule has 2 aromatic rings. The minimum absolute atomic E-state index is 0.00177. The van der Waals surface area contributed by atoms with Gasteiger partial charge >= 0.3 is 6.09 Å². The Morgan fingerprint density at radius 3 is 2.49 bits per heavy atom. The number of benzene rings is 1. The number of carbonyl (C=O) groups excluding carboxylic acids is 1. The van der Waals surface area contributed by atoms with E-state index in [0.29, 0.717) is 49.7 Å². The smallest absolute Gasteiger partial charge is 0.407 e. The normalized spacial score (nSPS) is 14.6. The van der Waals surface area contributed by atoms with Gasteiger partial charge in [-0.05, 0) is 24.2 Å². The quantitative estimate of drug-likeness (QED) is 0.285. The van der Waals surface area contributed by atoms with Crippen molar-refractivity contribution in [2.75, 3.05) is 24.8 Å². The van der Waals surface area contributed by atoms with Crippen molar-refractivity contribution in [3.63, 3.8) is 0 Å². The number of hydrogen-bond acceptors (Lipinski definition) is 6. The number of anilines is 1. The summed E-state index contributed by atoms with van der Waals surface area (Å²) < 4.78 is 7.12. The highest BCUT2D eigenvalue weighted by molar-refractivity contribution is 6.76. The lowest BCUT2D eigenvalue weighted by Gasteiger charge is -2.31. The van der Waals surface area contributed by atoms with Gasteiger partial charge in [0.05, 0.1) is 28.4 Å². The fraction of sp³-hybridized carbons (Fsp3) is 0.455. The number of likely N-dealkylation sites (tertiary alicyclic amines) is 1. The van der Waals surface area contributed by atoms with Gasteiger partial charge in [-0.15, -0.1) is 5.10 Å². The summed E-state index contributed by atoms with van der Waals surface area (Å²) in [4.78, 5) is 43.1. The number of rotatable bonds is 9. The zero-order valence-corrected chi connectivity index (χ0v) is 22.3. The van der Waals surface area contributed by atoms with Crippen molar-refractivity contribution >= 4 is 49.6 Å². The van der Waals surface area contributed by atoms with E-state index in [2.05, 4.69) is 24.7 Å². The van der Waals surface area contributed by atoms with Gasteiger partial charge in [-0.25, -0.2) is 4.79 Å². The fourth-order valence-electron chi connectivity index (χ4n) is 3.41. The van der Waals surface area contributed by atoms with Gasteiger partial charge in [0.2, 0.25) is 12.2 Å². The number of halogens is 2. The van der Waals surface area contributed by atoms with E-state index in [9.17, 15) is 14.4 Å². The second-order valence-electron chi connectivity index (χ2n) is 9.34. The molecule has 0 atom stereocenters. The number of aromatic nitrogens is 2. The first-order chi connectivity index (χ1) is 16.5. The number of hydrogen-bond donors (Lipinski definition) is 1. The van der Waals surface area contributed by atoms with Crippen molar-refractivity contribution in [2.24, 2.45) is 0 Å². The lowest BCUT2D eigenvalue weighted by molar-refractivity contribution is -0.114. The molecule has 1 aliphatic rings. The maximum absolute atomic E-state index is 12.9. The standard InChI is InChI=1S/C22H28Cl2N4O6Si/c1-35(2,3)11-10-33-27(14-29)21-19(34-16-6-8-26(9-7-16)22(31)32)13-20(30)28(25-21)15-4-5-17(23)18(24)12-15/h4-5,12-14,16H,6-11H2,1-3H3,(H,31,32). The molecule has 0 radical (unpaired) electrons. The van der Waals surface area contributed by atoms with Crippen molar-refractivity contribution in [3.05, 3.63) is 44.7 Å². The molecular weight excluding hydrogens is 515 g/mol. The Morgan fingerprint density at radius 1 is 1.23 bits per heavy atom. The van der Waals surface area contributed by atoms with Gasteiger partial charge in [0, 0.05) is 34.0 Å². The van der Waals surface area contributed by atoms with Crippen LogP contribution in [0.15, 0.2) is 29.1 Å². The highest BCUT2D eigenvalue weighted by Gasteiger charge is 2.27. The lowest BCUT2D eigenvalue weighted by atomic mass is 10.1. The zero-order valence-electron chi connectivity index (χ0n) is 19.7. The molecule has 1 saturated heterocycles. The summed E-state index contributed by atoms with van der Waals surface area (Å²) in [6.07, 6.45) is -0.0195. The molecule has 1 aromatic carbocycles. The average Bonchev–Trinajstić information content (AvgIpc) is 2.79. The number of carbonyl (C=O) groups is 2. The Bertz CT molecular complexity index is 1130. The van der Waals surface area contributed by atoms with Crippen LogP contribution in [0, 0.1) is 0 Å². The van der Waals surface area contributed by atoms with Gasteiger partial charge in [0.15, 0.2) is 5.75 Å². The third kappa shape index (κ3) is 7.20. The first-order valence-corrected chi connectivity index (χ1v) is 15.6. The molecule has 1 fully saturated rings. The van der Waals surface area contributed by atoms with Crippen molar-refractivity contribution in [1.82, 2.24) is 14.7 Å². The van der Waals surface area contributed by atoms with E-state index in [-0.39, 0.29) is 22.7 Å². The van der Waals surface area contributed by atoms with Gasteiger partial charge in [0.1, 0.15) is 6.10 Å². The average molecular weight is 543 g/mol. The van der Waals surface area contributed by atoms with Crippen molar-refractivity contribution in [1.29, 1.82) is 0 Å². The van der Waals surface area contributed by atoms with E-state index in [1.54, 1.807) is 6.07 Å². The van der Waals surface area contributed by atoms with Gasteiger partial charge in [-0.3, -0.25) is 14.4 Å². The molecule has 1 aromatic heterocycles. The molecular formula is C22H28Cl2N4O6Si. The molecule has 190 valence electrons. The molecule has 0 spiro atoms. The molecule has 35 heavy (non-hydrogen) atoms. The number of amides is 2. The van der Waals surface area contributed by atoms with Crippen LogP contribution in [0.2, 0.25) is 35.7 Å². The van der Waals surface area contributed by atoms with Crippen LogP contribution in [-0.4, -0.2) is 66.2 Å². The van der Waals surface area contributed by atoms with Crippen LogP contribution in [-0.2, 0) is 9.63 Å². The summed E-state index contributed by atoms with van der Waals surface area (Å²) >= 11 is 12.1. The second-order valence-corrected chi connectivity index (χ2v) is 15.8. The minimum atomic E-state index is -1.44. The Balaban J connectivity index is 1.95. The Morgan fingerprint density at radius 2 is 1.91 bits per heavy atom. The van der Waals surface area contributed by atoms with Crippen LogP contribution < -0.4 is 15.4 Å². The predicted molar refractivity (Wildman–Crippen MR) is 136 cm³/mol. The van der Waals surface area contributed by atoms with E-state index >= 15 is 0 Å². The first-order valence-electron chi connectivity index (χ1n) is 11.1. The molecule has 0 bridgehead atoms. The number of piperidine rings is 1. The third-order valence-corrected chi connectivity index (χ3v) is 7.86. The third-order valence-electron chi connectivity index (χ3n) is 5.42. The van der Waals surface area contributed by atoms with Crippen LogP contribution >= 0.6 is 23.2 Å². The van der Waals surface area contributed by atoms with E-state index < -0.39 is 19.7 Å². The van der Waals surface area contributed by atoms with Crippen LogP contribution in [0.5, 0.6) is 5.75 Å². The van der Waals surface area contributed by atoms with Crippen LogP contribution in [0.25, 0.3) is 5.69 Å². The maximum Gasteiger partial charge on any atom is 0.407 e. The highest BCUT2D eigenvalue weighted by atomic mass is 35.5. The SMILES string of the molecule is C[Si](C)(C)CCON(C=O)c1nn(-c2ccc(Cl)c(Cl)c2)c(=O)cc1OC1CCN(C(=O)O)CC1. The minimum Gasteiger partial charge on any atom is -0.486 e. The van der Waals surface area contributed by atoms with Crippen molar-refractivity contribution in [2.45, 2.75) is 44.6 Å². The van der Waals surface area contributed by atoms with Gasteiger partial charge < -0.3 is 14.7 Å². The molecule has 0 aliphatic carbocycles. The molecule has 3 rings (SSSR count). The second kappa shape index (κ2) is 11.4. The topological polar surface area (TPSA) is 114 Å². The molecule has 0 saturated carbocycles. The van der Waals surface area contributed by atoms with E-state index in [0.717, 1.165) is 15.8 Å². The summed E-state index contributed by atoms with van der Waals surface area (Å²) in [6.45, 7) is 7.44. The summed E-state index contributed by atoms with van der Waals surface area (Å²) in [5, 5.41) is 15.0. The fourth-order valence-corrected chi connectivity index (χ4v) is 4.40. The Labute approximate surface area is 213 Å². The monoisotopic (exact) mass is 542 g/mol. The highest BCUT2D eigenvalue weighted by Crippen LogP contribution is 2.29. The molecule has 2 heterocycles. The molecule has 10 nitrogen and oxygen atoms in total. The maximum atomic E-state index is 12.9. The molecule has 0 unspecified atom stereocenters. The Kier molecular flexibility index (Phi) is 8.81. The van der Waals surface area contributed by atoms with E-state index in [1.807, 2.05) is 0 Å². The van der Waals surface area contributed by atoms with Gasteiger partial charge in [-0.1, -0.05) is 42.8 Å². The summed E-state index contributed by atoms with van der Waals surface area (Å²) in [5.74, 6) is 0.0714. The van der Waals surface area contributed by atoms with Crippen molar-refractivity contribution in [3.8, 4) is 11.4 Å². The lowest BCUT2D eigenvalue weighted by Crippen LogP contribution is -2.41. The number of carboxylic acid groups (broad SMARTS) is 1. The van der Waals surface area contributed by atoms with Crippen LogP contribution in [0.3, 0.4) is 0 Å². The van der Waals surface area contributed by atoms with Gasteiger partial charge in [0.25, 0.3) is 5.56 Å². The predicted octanol–water partition coefficient (Wildman–Crippen LogP) is 4.29. The molecule has 2 amide bonds. The molecule has 1 aliphatic heterocycles. The molecule has 13 heteroatoms.